The van der Waals surface area contributed by atoms with E-state index in [0.717, 1.165) is 51.3 Å². The molecule has 0 spiro atoms. The molecule has 1 aliphatic rings. The summed E-state index contributed by atoms with van der Waals surface area (Å²) in [6.07, 6.45) is 5.61. The van der Waals surface area contributed by atoms with E-state index < -0.39 is 0 Å². The van der Waals surface area contributed by atoms with Gasteiger partial charge in [0.15, 0.2) is 0 Å². The first-order chi connectivity index (χ1) is 9.19. The largest absolute Gasteiger partial charge is 0.496 e. The summed E-state index contributed by atoms with van der Waals surface area (Å²) in [7, 11) is 0. The monoisotopic (exact) mass is 268 g/mol. The minimum absolute atomic E-state index is 0.162. The second kappa shape index (κ2) is 7.91. The summed E-state index contributed by atoms with van der Waals surface area (Å²) in [5, 5.41) is 3.68. The highest BCUT2D eigenvalue weighted by atomic mass is 16.5. The van der Waals surface area contributed by atoms with Gasteiger partial charge in [-0.15, -0.1) is 0 Å². The van der Waals surface area contributed by atoms with Crippen molar-refractivity contribution in [1.82, 2.24) is 10.2 Å². The molecule has 1 rings (SSSR count). The van der Waals surface area contributed by atoms with Crippen LogP contribution in [0.1, 0.15) is 53.9 Å². The molecule has 0 radical (unpaired) electrons. The molecule has 0 aromatic heterocycles. The van der Waals surface area contributed by atoms with Crippen molar-refractivity contribution in [2.24, 2.45) is 0 Å². The summed E-state index contributed by atoms with van der Waals surface area (Å²) in [5.74, 6) is 1.16. The standard InChI is InChI=1S/C16H32N2O/c1-6-16(7-2,18(9-4)10-5)15(17-8-3)14-12-11-13-19-14/h12,15,17H,6-11,13H2,1-5H3. The Morgan fingerprint density at radius 1 is 1.21 bits per heavy atom. The van der Waals surface area contributed by atoms with Crippen molar-refractivity contribution in [3.05, 3.63) is 11.8 Å². The average molecular weight is 268 g/mol. The quantitative estimate of drug-likeness (QED) is 0.695. The lowest BCUT2D eigenvalue weighted by Gasteiger charge is -2.48. The molecule has 0 aromatic carbocycles. The van der Waals surface area contributed by atoms with Crippen molar-refractivity contribution in [3.63, 3.8) is 0 Å². The molecule has 3 heteroatoms. The van der Waals surface area contributed by atoms with Gasteiger partial charge in [0.25, 0.3) is 0 Å². The van der Waals surface area contributed by atoms with Gasteiger partial charge < -0.3 is 10.1 Å². The van der Waals surface area contributed by atoms with Crippen LogP contribution in [-0.4, -0.2) is 42.7 Å². The van der Waals surface area contributed by atoms with E-state index in [1.165, 1.54) is 0 Å². The van der Waals surface area contributed by atoms with E-state index in [2.05, 4.69) is 50.9 Å². The highest BCUT2D eigenvalue weighted by Gasteiger charge is 2.42. The molecule has 112 valence electrons. The van der Waals surface area contributed by atoms with E-state index in [4.69, 9.17) is 4.74 Å². The van der Waals surface area contributed by atoms with Gasteiger partial charge in [-0.2, -0.15) is 0 Å². The topological polar surface area (TPSA) is 24.5 Å². The third-order valence-electron chi connectivity index (χ3n) is 4.58. The summed E-state index contributed by atoms with van der Waals surface area (Å²) in [5.41, 5.74) is 0.162. The van der Waals surface area contributed by atoms with Crippen LogP contribution in [0.3, 0.4) is 0 Å². The van der Waals surface area contributed by atoms with Crippen molar-refractivity contribution in [3.8, 4) is 0 Å². The van der Waals surface area contributed by atoms with Crippen molar-refractivity contribution in [1.29, 1.82) is 0 Å². The van der Waals surface area contributed by atoms with Crippen LogP contribution in [0, 0.1) is 0 Å². The minimum atomic E-state index is 0.162. The minimum Gasteiger partial charge on any atom is -0.496 e. The van der Waals surface area contributed by atoms with Crippen LogP contribution in [0.5, 0.6) is 0 Å². The van der Waals surface area contributed by atoms with Gasteiger partial charge in [-0.3, -0.25) is 4.90 Å². The van der Waals surface area contributed by atoms with Crippen molar-refractivity contribution in [2.75, 3.05) is 26.2 Å². The third-order valence-corrected chi connectivity index (χ3v) is 4.58. The van der Waals surface area contributed by atoms with Crippen molar-refractivity contribution in [2.45, 2.75) is 65.5 Å². The van der Waals surface area contributed by atoms with Crippen LogP contribution in [-0.2, 0) is 4.74 Å². The van der Waals surface area contributed by atoms with Gasteiger partial charge in [0.1, 0.15) is 5.76 Å². The van der Waals surface area contributed by atoms with Gasteiger partial charge in [0.05, 0.1) is 12.6 Å². The zero-order valence-corrected chi connectivity index (χ0v) is 13.5. The molecule has 1 N–H and O–H groups in total. The summed E-state index contributed by atoms with van der Waals surface area (Å²) >= 11 is 0. The lowest BCUT2D eigenvalue weighted by molar-refractivity contribution is 0.0406. The van der Waals surface area contributed by atoms with Crippen molar-refractivity contribution >= 4 is 0 Å². The first-order valence-corrected chi connectivity index (χ1v) is 8.01. The van der Waals surface area contributed by atoms with Gasteiger partial charge in [-0.25, -0.2) is 0 Å². The first-order valence-electron chi connectivity index (χ1n) is 8.01. The van der Waals surface area contributed by atoms with E-state index in [0.29, 0.717) is 6.04 Å². The zero-order valence-electron chi connectivity index (χ0n) is 13.5. The van der Waals surface area contributed by atoms with Gasteiger partial charge >= 0.3 is 0 Å². The van der Waals surface area contributed by atoms with Crippen LogP contribution in [0.2, 0.25) is 0 Å². The van der Waals surface area contributed by atoms with Gasteiger partial charge in [0.2, 0.25) is 0 Å². The van der Waals surface area contributed by atoms with Crippen LogP contribution < -0.4 is 5.32 Å². The van der Waals surface area contributed by atoms with Crippen LogP contribution >= 0.6 is 0 Å². The fourth-order valence-electron chi connectivity index (χ4n) is 3.54. The van der Waals surface area contributed by atoms with Crippen LogP contribution in [0.15, 0.2) is 11.8 Å². The number of ether oxygens (including phenoxy) is 1. The molecule has 0 bridgehead atoms. The Hall–Kier alpha value is -0.540. The Labute approximate surface area is 119 Å². The molecule has 0 saturated heterocycles. The van der Waals surface area contributed by atoms with Crippen LogP contribution in [0.25, 0.3) is 0 Å². The van der Waals surface area contributed by atoms with Gasteiger partial charge in [-0.1, -0.05) is 34.6 Å². The number of nitrogens with one attached hydrogen (secondary N) is 1. The Kier molecular flexibility index (Phi) is 6.87. The van der Waals surface area contributed by atoms with E-state index in [1.807, 2.05) is 0 Å². The molecular formula is C16H32N2O. The molecule has 1 unspecified atom stereocenters. The maximum absolute atomic E-state index is 5.89. The predicted molar refractivity (Wildman–Crippen MR) is 82.4 cm³/mol. The smallest absolute Gasteiger partial charge is 0.111 e. The maximum atomic E-state index is 5.89. The van der Waals surface area contributed by atoms with Gasteiger partial charge in [-0.05, 0) is 38.6 Å². The summed E-state index contributed by atoms with van der Waals surface area (Å²) in [4.78, 5) is 2.60. The number of rotatable bonds is 9. The SMILES string of the molecule is CCNC(C1=CCCO1)C(CC)(CC)N(CC)CC. The van der Waals surface area contributed by atoms with E-state index in [-0.39, 0.29) is 5.54 Å². The first kappa shape index (κ1) is 16.5. The van der Waals surface area contributed by atoms with Gasteiger partial charge in [0, 0.05) is 12.0 Å². The average Bonchev–Trinajstić information content (AvgIpc) is 2.96. The Morgan fingerprint density at radius 3 is 2.21 bits per heavy atom. The molecule has 1 heterocycles. The molecule has 1 atom stereocenters. The summed E-state index contributed by atoms with van der Waals surface area (Å²) < 4.78 is 5.89. The van der Waals surface area contributed by atoms with E-state index in [1.54, 1.807) is 0 Å². The molecular weight excluding hydrogens is 236 g/mol. The maximum Gasteiger partial charge on any atom is 0.111 e. The summed E-state index contributed by atoms with van der Waals surface area (Å²) in [6.45, 7) is 15.3. The number of hydrogen-bond acceptors (Lipinski definition) is 3. The Bertz CT molecular complexity index is 280. The van der Waals surface area contributed by atoms with Crippen molar-refractivity contribution < 1.29 is 4.74 Å². The molecule has 0 saturated carbocycles. The normalized spacial score (nSPS) is 17.5. The van der Waals surface area contributed by atoms with Crippen LogP contribution in [0.4, 0.5) is 0 Å². The highest BCUT2D eigenvalue weighted by Crippen LogP contribution is 2.33. The second-order valence-corrected chi connectivity index (χ2v) is 5.22. The predicted octanol–water partition coefficient (Wildman–Crippen LogP) is 3.17. The zero-order chi connectivity index (χ0) is 14.3. The Morgan fingerprint density at radius 2 is 1.84 bits per heavy atom. The van der Waals surface area contributed by atoms with E-state index >= 15 is 0 Å². The number of hydrogen-bond donors (Lipinski definition) is 1. The highest BCUT2D eigenvalue weighted by molar-refractivity contribution is 5.17. The molecule has 0 aliphatic carbocycles. The molecule has 0 amide bonds. The lowest BCUT2D eigenvalue weighted by Crippen LogP contribution is -2.61. The molecule has 19 heavy (non-hydrogen) atoms. The number of likely N-dealkylation sites (N-methyl/N-ethyl adjacent to an activating group) is 2. The molecule has 0 aromatic rings. The second-order valence-electron chi connectivity index (χ2n) is 5.22. The molecule has 0 fully saturated rings. The molecule has 3 nitrogen and oxygen atoms in total. The number of nitrogens with zero attached hydrogens (tertiary/aromatic N) is 1. The fraction of sp³-hybridized carbons (Fsp3) is 0.875. The fourth-order valence-corrected chi connectivity index (χ4v) is 3.54. The van der Waals surface area contributed by atoms with E-state index in [9.17, 15) is 0 Å². The lowest BCUT2D eigenvalue weighted by atomic mass is 9.81. The third kappa shape index (κ3) is 3.32. The molecule has 1 aliphatic heterocycles. The summed E-state index contributed by atoms with van der Waals surface area (Å²) in [6, 6.07) is 0.315. The Balaban J connectivity index is 3.09.